The molecular formula is C11H22N2O4S. The number of carbonyl (C=O) groups excluding carboxylic acids is 1. The van der Waals surface area contributed by atoms with Crippen LogP contribution < -0.4 is 10.6 Å². The molecule has 7 heteroatoms. The van der Waals surface area contributed by atoms with E-state index in [1.807, 2.05) is 6.92 Å². The van der Waals surface area contributed by atoms with E-state index in [9.17, 15) is 13.8 Å². The summed E-state index contributed by atoms with van der Waals surface area (Å²) in [7, 11) is -0.907. The lowest BCUT2D eigenvalue weighted by atomic mass is 9.96. The second-order valence-corrected chi connectivity index (χ2v) is 6.12. The number of aliphatic carboxylic acids is 1. The van der Waals surface area contributed by atoms with E-state index in [1.165, 1.54) is 0 Å². The van der Waals surface area contributed by atoms with Gasteiger partial charge in [0.2, 0.25) is 0 Å². The van der Waals surface area contributed by atoms with E-state index >= 15 is 0 Å². The average Bonchev–Trinajstić information content (AvgIpc) is 2.27. The third-order valence-corrected chi connectivity index (χ3v) is 3.85. The van der Waals surface area contributed by atoms with Gasteiger partial charge in [-0.15, -0.1) is 0 Å². The van der Waals surface area contributed by atoms with E-state index in [1.54, 1.807) is 13.8 Å². The van der Waals surface area contributed by atoms with Crippen LogP contribution >= 0.6 is 0 Å². The standard InChI is InChI=1S/C11H22N2O4S/c1-4-18(17)6-5-12-11(16)13-7-9(8(2)3)10(14)15/h8-9H,4-7H2,1-3H3,(H,14,15)(H2,12,13,16). The van der Waals surface area contributed by atoms with Crippen LogP contribution in [0.3, 0.4) is 0 Å². The smallest absolute Gasteiger partial charge is 0.314 e. The van der Waals surface area contributed by atoms with Gasteiger partial charge in [0.1, 0.15) is 0 Å². The summed E-state index contributed by atoms with van der Waals surface area (Å²) in [5.74, 6) is -0.581. The number of rotatable bonds is 8. The minimum atomic E-state index is -0.919. The summed E-state index contributed by atoms with van der Waals surface area (Å²) in [5, 5.41) is 14.0. The Hall–Kier alpha value is -1.11. The second-order valence-electron chi connectivity index (χ2n) is 4.26. The normalized spacial score (nSPS) is 14.0. The first-order valence-electron chi connectivity index (χ1n) is 5.98. The molecule has 0 saturated carbocycles. The van der Waals surface area contributed by atoms with Crippen LogP contribution in [0.5, 0.6) is 0 Å². The third-order valence-electron chi connectivity index (χ3n) is 2.54. The summed E-state index contributed by atoms with van der Waals surface area (Å²) in [5.41, 5.74) is 0. The summed E-state index contributed by atoms with van der Waals surface area (Å²) in [6.45, 7) is 5.82. The van der Waals surface area contributed by atoms with Crippen molar-refractivity contribution >= 4 is 22.8 Å². The Labute approximate surface area is 110 Å². The summed E-state index contributed by atoms with van der Waals surface area (Å²) in [6.07, 6.45) is 0. The number of carboxylic acids is 1. The minimum absolute atomic E-state index is 0.0459. The molecule has 2 unspecified atom stereocenters. The van der Waals surface area contributed by atoms with Gasteiger partial charge < -0.3 is 15.7 Å². The van der Waals surface area contributed by atoms with Crippen molar-refractivity contribution in [2.45, 2.75) is 20.8 Å². The highest BCUT2D eigenvalue weighted by Crippen LogP contribution is 2.09. The van der Waals surface area contributed by atoms with Gasteiger partial charge >= 0.3 is 12.0 Å². The van der Waals surface area contributed by atoms with Crippen LogP contribution in [0, 0.1) is 11.8 Å². The third kappa shape index (κ3) is 7.26. The molecule has 0 aromatic carbocycles. The molecule has 0 radical (unpaired) electrons. The van der Waals surface area contributed by atoms with E-state index < -0.39 is 28.7 Å². The lowest BCUT2D eigenvalue weighted by Crippen LogP contribution is -2.42. The van der Waals surface area contributed by atoms with Crippen molar-refractivity contribution < 1.29 is 18.9 Å². The first-order chi connectivity index (χ1) is 8.38. The maximum Gasteiger partial charge on any atom is 0.314 e. The molecule has 0 aliphatic carbocycles. The van der Waals surface area contributed by atoms with E-state index in [4.69, 9.17) is 5.11 Å². The molecule has 0 fully saturated rings. The number of amides is 2. The molecule has 0 saturated heterocycles. The molecule has 0 aromatic rings. The van der Waals surface area contributed by atoms with Crippen LogP contribution in [0.2, 0.25) is 0 Å². The number of carbonyl (C=O) groups is 2. The lowest BCUT2D eigenvalue weighted by molar-refractivity contribution is -0.142. The Morgan fingerprint density at radius 1 is 1.28 bits per heavy atom. The molecular weight excluding hydrogens is 256 g/mol. The van der Waals surface area contributed by atoms with Crippen molar-refractivity contribution in [3.63, 3.8) is 0 Å². The van der Waals surface area contributed by atoms with Gasteiger partial charge in [0.25, 0.3) is 0 Å². The van der Waals surface area contributed by atoms with Gasteiger partial charge in [-0.3, -0.25) is 9.00 Å². The Morgan fingerprint density at radius 2 is 1.89 bits per heavy atom. The van der Waals surface area contributed by atoms with Crippen molar-refractivity contribution in [1.29, 1.82) is 0 Å². The van der Waals surface area contributed by atoms with Crippen molar-refractivity contribution in [3.8, 4) is 0 Å². The Bertz CT molecular complexity index is 307. The summed E-state index contributed by atoms with van der Waals surface area (Å²) in [4.78, 5) is 22.2. The number of hydrogen-bond acceptors (Lipinski definition) is 3. The van der Waals surface area contributed by atoms with Crippen LogP contribution in [-0.4, -0.2) is 45.9 Å². The van der Waals surface area contributed by atoms with E-state index in [0.717, 1.165) is 0 Å². The van der Waals surface area contributed by atoms with Gasteiger partial charge in [-0.25, -0.2) is 4.79 Å². The van der Waals surface area contributed by atoms with Gasteiger partial charge in [0.05, 0.1) is 5.92 Å². The van der Waals surface area contributed by atoms with Crippen molar-refractivity contribution in [2.75, 3.05) is 24.6 Å². The summed E-state index contributed by atoms with van der Waals surface area (Å²) >= 11 is 0. The largest absolute Gasteiger partial charge is 0.481 e. The number of hydrogen-bond donors (Lipinski definition) is 3. The fourth-order valence-electron chi connectivity index (χ4n) is 1.30. The Kier molecular flexibility index (Phi) is 8.36. The van der Waals surface area contributed by atoms with Crippen molar-refractivity contribution in [3.05, 3.63) is 0 Å². The molecule has 0 heterocycles. The van der Waals surface area contributed by atoms with Gasteiger partial charge in [0, 0.05) is 35.4 Å². The van der Waals surface area contributed by atoms with E-state index in [0.29, 0.717) is 18.1 Å². The Balaban J connectivity index is 3.88. The van der Waals surface area contributed by atoms with E-state index in [2.05, 4.69) is 10.6 Å². The minimum Gasteiger partial charge on any atom is -0.481 e. The molecule has 0 aliphatic rings. The molecule has 0 bridgehead atoms. The zero-order valence-electron chi connectivity index (χ0n) is 11.1. The molecule has 2 atom stereocenters. The van der Waals surface area contributed by atoms with Crippen LogP contribution in [0.4, 0.5) is 4.79 Å². The maximum atomic E-state index is 11.3. The van der Waals surface area contributed by atoms with Crippen LogP contribution in [0.25, 0.3) is 0 Å². The molecule has 0 aromatic heterocycles. The fraction of sp³-hybridized carbons (Fsp3) is 0.818. The molecule has 0 aliphatic heterocycles. The predicted octanol–water partition coefficient (Wildman–Crippen LogP) is 0.411. The zero-order valence-corrected chi connectivity index (χ0v) is 11.9. The quantitative estimate of drug-likeness (QED) is 0.599. The Morgan fingerprint density at radius 3 is 2.33 bits per heavy atom. The highest BCUT2D eigenvalue weighted by Gasteiger charge is 2.21. The monoisotopic (exact) mass is 278 g/mol. The molecule has 106 valence electrons. The van der Waals surface area contributed by atoms with Crippen LogP contribution in [-0.2, 0) is 15.6 Å². The number of urea groups is 1. The first-order valence-corrected chi connectivity index (χ1v) is 7.46. The number of carboxylic acid groups (broad SMARTS) is 1. The van der Waals surface area contributed by atoms with Gasteiger partial charge in [-0.2, -0.15) is 0 Å². The fourth-order valence-corrected chi connectivity index (χ4v) is 1.91. The second kappa shape index (κ2) is 8.91. The highest BCUT2D eigenvalue weighted by molar-refractivity contribution is 7.84. The van der Waals surface area contributed by atoms with Crippen LogP contribution in [0.1, 0.15) is 20.8 Å². The molecule has 0 rings (SSSR count). The topological polar surface area (TPSA) is 95.5 Å². The maximum absolute atomic E-state index is 11.3. The van der Waals surface area contributed by atoms with Crippen molar-refractivity contribution in [2.24, 2.45) is 11.8 Å². The summed E-state index contributed by atoms with van der Waals surface area (Å²) < 4.78 is 11.1. The zero-order chi connectivity index (χ0) is 14.1. The van der Waals surface area contributed by atoms with Gasteiger partial charge in [0.15, 0.2) is 0 Å². The van der Waals surface area contributed by atoms with Crippen LogP contribution in [0.15, 0.2) is 0 Å². The van der Waals surface area contributed by atoms with Crippen molar-refractivity contribution in [1.82, 2.24) is 10.6 Å². The van der Waals surface area contributed by atoms with Gasteiger partial charge in [-0.1, -0.05) is 20.8 Å². The number of nitrogens with one attached hydrogen (secondary N) is 2. The molecule has 2 amide bonds. The average molecular weight is 278 g/mol. The molecule has 6 nitrogen and oxygen atoms in total. The lowest BCUT2D eigenvalue weighted by Gasteiger charge is -2.16. The molecule has 18 heavy (non-hydrogen) atoms. The highest BCUT2D eigenvalue weighted by atomic mass is 32.2. The molecule has 3 N–H and O–H groups in total. The molecule has 0 spiro atoms. The predicted molar refractivity (Wildman–Crippen MR) is 70.9 cm³/mol. The summed E-state index contributed by atoms with van der Waals surface area (Å²) in [6, 6.07) is -0.421. The van der Waals surface area contributed by atoms with E-state index in [-0.39, 0.29) is 12.5 Å². The SMILES string of the molecule is CCS(=O)CCNC(=O)NCC(C(=O)O)C(C)C. The first kappa shape index (κ1) is 16.9. The van der Waals surface area contributed by atoms with Gasteiger partial charge in [-0.05, 0) is 5.92 Å².